The van der Waals surface area contributed by atoms with Gasteiger partial charge in [-0.05, 0) is 31.0 Å². The van der Waals surface area contributed by atoms with Gasteiger partial charge in [0.15, 0.2) is 0 Å². The molecule has 1 amide bonds. The van der Waals surface area contributed by atoms with Crippen LogP contribution in [0, 0.1) is 6.92 Å². The highest BCUT2D eigenvalue weighted by molar-refractivity contribution is 6.14. The van der Waals surface area contributed by atoms with Crippen LogP contribution in [0.5, 0.6) is 0 Å². The molecule has 130 valence electrons. The molecule has 0 saturated heterocycles. The molecular weight excluding hydrogens is 328 g/mol. The number of hydrogen-bond donors (Lipinski definition) is 1. The number of nitrogens with one attached hydrogen (secondary N) is 1. The molecule has 0 unspecified atom stereocenters. The number of hydrogen-bond acceptors (Lipinski definition) is 5. The fourth-order valence-corrected chi connectivity index (χ4v) is 2.98. The maximum absolute atomic E-state index is 13.1. The molecule has 0 spiro atoms. The first-order chi connectivity index (χ1) is 12.5. The summed E-state index contributed by atoms with van der Waals surface area (Å²) in [5.74, 6) is -0.0701. The Morgan fingerprint density at radius 3 is 2.81 bits per heavy atom. The first-order valence-electron chi connectivity index (χ1n) is 8.46. The zero-order chi connectivity index (χ0) is 18.3. The summed E-state index contributed by atoms with van der Waals surface area (Å²) in [7, 11) is 0. The third-order valence-electron chi connectivity index (χ3n) is 4.35. The van der Waals surface area contributed by atoms with E-state index in [1.807, 2.05) is 50.2 Å². The van der Waals surface area contributed by atoms with Crippen molar-refractivity contribution >= 4 is 33.6 Å². The van der Waals surface area contributed by atoms with Crippen molar-refractivity contribution in [3.05, 3.63) is 59.5 Å². The number of fused-ring (bicyclic) bond motifs is 2. The third-order valence-corrected chi connectivity index (χ3v) is 4.35. The number of carbonyl (C=O) groups excluding carboxylic acids is 1. The predicted octanol–water partition coefficient (Wildman–Crippen LogP) is 4.46. The molecule has 0 fully saturated rings. The molecule has 0 saturated carbocycles. The SMILES string of the molecule is Cc1noc2nc(C(C)C)cc(C(=O)Nc3cccc4cccnc34)c12. The smallest absolute Gasteiger partial charge is 0.259 e. The van der Waals surface area contributed by atoms with Crippen molar-refractivity contribution in [1.82, 2.24) is 15.1 Å². The molecule has 0 radical (unpaired) electrons. The van der Waals surface area contributed by atoms with Crippen molar-refractivity contribution in [2.75, 3.05) is 5.32 Å². The van der Waals surface area contributed by atoms with Crippen molar-refractivity contribution in [2.45, 2.75) is 26.7 Å². The Kier molecular flexibility index (Phi) is 3.88. The molecular formula is C20H18N4O2. The number of aryl methyl sites for hydroxylation is 1. The number of amides is 1. The highest BCUT2D eigenvalue weighted by Gasteiger charge is 2.20. The highest BCUT2D eigenvalue weighted by atomic mass is 16.5. The lowest BCUT2D eigenvalue weighted by molar-refractivity contribution is 0.102. The first kappa shape index (κ1) is 16.2. The monoisotopic (exact) mass is 346 g/mol. The summed E-state index contributed by atoms with van der Waals surface area (Å²) in [4.78, 5) is 21.9. The van der Waals surface area contributed by atoms with Crippen LogP contribution in [0.25, 0.3) is 22.0 Å². The molecule has 3 aromatic heterocycles. The van der Waals surface area contributed by atoms with Gasteiger partial charge in [0.25, 0.3) is 11.6 Å². The summed E-state index contributed by atoms with van der Waals surface area (Å²) in [6.45, 7) is 5.85. The van der Waals surface area contributed by atoms with E-state index in [0.29, 0.717) is 28.0 Å². The van der Waals surface area contributed by atoms with E-state index in [1.54, 1.807) is 13.1 Å². The van der Waals surface area contributed by atoms with E-state index in [9.17, 15) is 4.79 Å². The molecule has 4 aromatic rings. The number of para-hydroxylation sites is 1. The second kappa shape index (κ2) is 6.22. The Morgan fingerprint density at radius 1 is 1.19 bits per heavy atom. The lowest BCUT2D eigenvalue weighted by Crippen LogP contribution is -2.14. The summed E-state index contributed by atoms with van der Waals surface area (Å²) >= 11 is 0. The summed E-state index contributed by atoms with van der Waals surface area (Å²) in [6, 6.07) is 11.3. The van der Waals surface area contributed by atoms with Gasteiger partial charge in [-0.15, -0.1) is 0 Å². The Bertz CT molecular complexity index is 1130. The van der Waals surface area contributed by atoms with Gasteiger partial charge in [-0.1, -0.05) is 37.2 Å². The molecule has 4 rings (SSSR count). The average Bonchev–Trinajstić information content (AvgIpc) is 3.02. The second-order valence-electron chi connectivity index (χ2n) is 6.53. The minimum atomic E-state index is -0.233. The quantitative estimate of drug-likeness (QED) is 0.592. The second-order valence-corrected chi connectivity index (χ2v) is 6.53. The van der Waals surface area contributed by atoms with Gasteiger partial charge in [0.2, 0.25) is 0 Å². The Balaban J connectivity index is 1.82. The van der Waals surface area contributed by atoms with Gasteiger partial charge in [0.1, 0.15) is 0 Å². The van der Waals surface area contributed by atoms with Crippen LogP contribution in [-0.2, 0) is 0 Å². The van der Waals surface area contributed by atoms with Crippen LogP contribution in [0.15, 0.2) is 47.1 Å². The molecule has 0 aliphatic carbocycles. The molecule has 0 aliphatic rings. The molecule has 26 heavy (non-hydrogen) atoms. The number of carbonyl (C=O) groups is 1. The van der Waals surface area contributed by atoms with Crippen molar-refractivity contribution < 1.29 is 9.32 Å². The van der Waals surface area contributed by atoms with E-state index in [2.05, 4.69) is 20.4 Å². The van der Waals surface area contributed by atoms with E-state index < -0.39 is 0 Å². The lowest BCUT2D eigenvalue weighted by atomic mass is 10.0. The molecule has 6 heteroatoms. The topological polar surface area (TPSA) is 80.9 Å². The molecule has 1 aromatic carbocycles. The van der Waals surface area contributed by atoms with Crippen LogP contribution >= 0.6 is 0 Å². The summed E-state index contributed by atoms with van der Waals surface area (Å²) in [5.41, 5.74) is 3.73. The van der Waals surface area contributed by atoms with Gasteiger partial charge in [-0.2, -0.15) is 0 Å². The van der Waals surface area contributed by atoms with Gasteiger partial charge in [-0.25, -0.2) is 4.98 Å². The van der Waals surface area contributed by atoms with E-state index in [4.69, 9.17) is 4.52 Å². The van der Waals surface area contributed by atoms with E-state index in [-0.39, 0.29) is 11.8 Å². The Morgan fingerprint density at radius 2 is 2.00 bits per heavy atom. The van der Waals surface area contributed by atoms with Crippen molar-refractivity contribution in [1.29, 1.82) is 0 Å². The predicted molar refractivity (Wildman–Crippen MR) is 100 cm³/mol. The van der Waals surface area contributed by atoms with Gasteiger partial charge in [-0.3, -0.25) is 9.78 Å². The van der Waals surface area contributed by atoms with Crippen molar-refractivity contribution in [2.24, 2.45) is 0 Å². The van der Waals surface area contributed by atoms with Gasteiger partial charge in [0.05, 0.1) is 27.8 Å². The molecule has 6 nitrogen and oxygen atoms in total. The number of aromatic nitrogens is 3. The van der Waals surface area contributed by atoms with E-state index in [1.165, 1.54) is 0 Å². The maximum atomic E-state index is 13.1. The van der Waals surface area contributed by atoms with Gasteiger partial charge >= 0.3 is 0 Å². The fraction of sp³-hybridized carbons (Fsp3) is 0.200. The number of nitrogens with zero attached hydrogens (tertiary/aromatic N) is 3. The van der Waals surface area contributed by atoms with E-state index in [0.717, 1.165) is 16.6 Å². The normalized spacial score (nSPS) is 11.4. The standard InChI is InChI=1S/C20H18N4O2/c1-11(2)16-10-14(17-12(3)24-26-20(17)23-16)19(25)22-15-8-4-6-13-7-5-9-21-18(13)15/h4-11H,1-3H3,(H,22,25). The van der Waals surface area contributed by atoms with Gasteiger partial charge in [0, 0.05) is 17.3 Å². The van der Waals surface area contributed by atoms with Gasteiger partial charge < -0.3 is 9.84 Å². The van der Waals surface area contributed by atoms with E-state index >= 15 is 0 Å². The molecule has 0 bridgehead atoms. The third kappa shape index (κ3) is 2.69. The minimum absolute atomic E-state index is 0.163. The number of rotatable bonds is 3. The Hall–Kier alpha value is -3.28. The van der Waals surface area contributed by atoms with Crippen LogP contribution in [0.1, 0.15) is 41.5 Å². The van der Waals surface area contributed by atoms with Crippen LogP contribution < -0.4 is 5.32 Å². The molecule has 0 aliphatic heterocycles. The largest absolute Gasteiger partial charge is 0.336 e. The van der Waals surface area contributed by atoms with Crippen molar-refractivity contribution in [3.8, 4) is 0 Å². The summed E-state index contributed by atoms with van der Waals surface area (Å²) in [5, 5.41) is 8.55. The fourth-order valence-electron chi connectivity index (χ4n) is 2.98. The lowest BCUT2D eigenvalue weighted by Gasteiger charge is -2.11. The van der Waals surface area contributed by atoms with Crippen LogP contribution in [0.4, 0.5) is 5.69 Å². The maximum Gasteiger partial charge on any atom is 0.259 e. The zero-order valence-electron chi connectivity index (χ0n) is 14.8. The highest BCUT2D eigenvalue weighted by Crippen LogP contribution is 2.27. The Labute approximate surface area is 150 Å². The number of anilines is 1. The summed E-state index contributed by atoms with van der Waals surface area (Å²) < 4.78 is 5.30. The molecule has 3 heterocycles. The first-order valence-corrected chi connectivity index (χ1v) is 8.46. The zero-order valence-corrected chi connectivity index (χ0v) is 14.8. The van der Waals surface area contributed by atoms with Crippen molar-refractivity contribution in [3.63, 3.8) is 0 Å². The van der Waals surface area contributed by atoms with Crippen LogP contribution in [0.2, 0.25) is 0 Å². The molecule has 0 atom stereocenters. The molecule has 1 N–H and O–H groups in total. The summed E-state index contributed by atoms with van der Waals surface area (Å²) in [6.07, 6.45) is 1.71. The number of pyridine rings is 2. The minimum Gasteiger partial charge on any atom is -0.336 e. The van der Waals surface area contributed by atoms with Crippen LogP contribution in [-0.4, -0.2) is 21.0 Å². The van der Waals surface area contributed by atoms with Crippen LogP contribution in [0.3, 0.4) is 0 Å². The average molecular weight is 346 g/mol. The number of benzene rings is 1.